The Morgan fingerprint density at radius 1 is 1.12 bits per heavy atom. The average molecular weight is 716 g/mol. The molecular formula is C37H45N5O8Si. The fourth-order valence-corrected chi connectivity index (χ4v) is 10.7. The minimum Gasteiger partial charge on any atom is -0.432 e. The summed E-state index contributed by atoms with van der Waals surface area (Å²) in [5, 5.41) is 27.9. The Morgan fingerprint density at radius 2 is 1.86 bits per heavy atom. The summed E-state index contributed by atoms with van der Waals surface area (Å²) in [5.41, 5.74) is 0.434. The van der Waals surface area contributed by atoms with Gasteiger partial charge in [0.15, 0.2) is 13.9 Å². The highest BCUT2D eigenvalue weighted by Crippen LogP contribution is 2.60. The minimum atomic E-state index is -3.15. The first kappa shape index (κ1) is 36.3. The number of nitro benzene ring substituents is 1. The van der Waals surface area contributed by atoms with Crippen molar-refractivity contribution in [1.82, 2.24) is 10.2 Å². The van der Waals surface area contributed by atoms with Crippen molar-refractivity contribution in [3.63, 3.8) is 0 Å². The van der Waals surface area contributed by atoms with E-state index in [2.05, 4.69) is 10.6 Å². The molecule has 270 valence electrons. The third-order valence-electron chi connectivity index (χ3n) is 10.4. The van der Waals surface area contributed by atoms with Crippen molar-refractivity contribution in [2.24, 2.45) is 5.92 Å². The first-order valence-corrected chi connectivity index (χ1v) is 20.4. The highest BCUT2D eigenvalue weighted by Gasteiger charge is 2.66. The molecule has 3 aromatic carbocycles. The molecule has 2 fully saturated rings. The maximum Gasteiger partial charge on any atom is 0.269 e. The fraction of sp³-hybridized carbons (Fsp3) is 0.432. The Hall–Kier alpha value is -4.47. The maximum absolute atomic E-state index is 14.9. The lowest BCUT2D eigenvalue weighted by atomic mass is 9.82. The number of aliphatic hydroxyl groups is 1. The van der Waals surface area contributed by atoms with Crippen LogP contribution in [0.5, 0.6) is 0 Å². The van der Waals surface area contributed by atoms with Crippen molar-refractivity contribution in [3.05, 3.63) is 99.6 Å². The molecule has 3 heterocycles. The molecule has 3 amide bonds. The average Bonchev–Trinajstić information content (AvgIpc) is 3.79. The second kappa shape index (κ2) is 14.6. The maximum atomic E-state index is 14.9. The van der Waals surface area contributed by atoms with E-state index in [-0.39, 0.29) is 56.2 Å². The number of rotatable bonds is 12. The molecule has 5 atom stereocenters. The molecule has 0 radical (unpaired) electrons. The van der Waals surface area contributed by atoms with Crippen molar-refractivity contribution in [2.45, 2.75) is 75.7 Å². The summed E-state index contributed by atoms with van der Waals surface area (Å²) in [6.45, 7) is 6.28. The zero-order valence-corrected chi connectivity index (χ0v) is 30.1. The molecule has 51 heavy (non-hydrogen) atoms. The van der Waals surface area contributed by atoms with Crippen LogP contribution in [0, 0.1) is 16.0 Å². The van der Waals surface area contributed by atoms with Gasteiger partial charge in [-0.2, -0.15) is 0 Å². The van der Waals surface area contributed by atoms with Gasteiger partial charge in [0.2, 0.25) is 11.8 Å². The van der Waals surface area contributed by atoms with Gasteiger partial charge in [-0.1, -0.05) is 49.4 Å². The molecule has 0 bridgehead atoms. The van der Waals surface area contributed by atoms with Crippen LogP contribution in [0.1, 0.15) is 42.9 Å². The Kier molecular flexibility index (Phi) is 10.4. The van der Waals surface area contributed by atoms with Crippen LogP contribution < -0.4 is 15.5 Å². The molecular weight excluding hydrogens is 671 g/mol. The lowest BCUT2D eigenvalue weighted by Gasteiger charge is -2.32. The number of aliphatic hydroxyl groups excluding tert-OH is 1. The molecule has 3 aromatic rings. The van der Waals surface area contributed by atoms with Crippen LogP contribution in [0.4, 0.5) is 17.1 Å². The number of ether oxygens (including phenoxy) is 1. The molecule has 4 N–H and O–H groups in total. The van der Waals surface area contributed by atoms with E-state index in [0.717, 1.165) is 24.9 Å². The van der Waals surface area contributed by atoms with Gasteiger partial charge in [0.25, 0.3) is 11.6 Å². The van der Waals surface area contributed by atoms with Gasteiger partial charge in [0.05, 0.1) is 42.3 Å². The number of non-ortho nitro benzene ring substituents is 1. The van der Waals surface area contributed by atoms with Crippen LogP contribution in [0.2, 0.25) is 18.6 Å². The molecule has 14 heteroatoms. The number of amides is 3. The van der Waals surface area contributed by atoms with Crippen LogP contribution in [0.15, 0.2) is 72.8 Å². The summed E-state index contributed by atoms with van der Waals surface area (Å²) in [6.07, 6.45) is 0.644. The van der Waals surface area contributed by atoms with Crippen LogP contribution >= 0.6 is 0 Å². The molecule has 1 spiro atoms. The van der Waals surface area contributed by atoms with Gasteiger partial charge >= 0.3 is 0 Å². The molecule has 13 nitrogen and oxygen atoms in total. The number of nitro groups is 1. The van der Waals surface area contributed by atoms with Crippen LogP contribution in [-0.2, 0) is 37.8 Å². The number of carbonyl (C=O) groups is 3. The summed E-state index contributed by atoms with van der Waals surface area (Å²) in [5.74, 6) is -1.52. The SMILES string of the molecule is C[C@H]1[C@H]([Si](C)(C)O)[C@@H](CC(=O)N(CCO)Cc2ccccc2)O[C@]12C(=O)N(Cc1cccc(NC(=O)[C@H]3CCCN3)c1)c1ccc([N+](=O)[O-])cc12. The zero-order valence-electron chi connectivity index (χ0n) is 29.1. The molecule has 3 aliphatic rings. The Bertz CT molecular complexity index is 1800. The first-order valence-electron chi connectivity index (χ1n) is 17.4. The smallest absolute Gasteiger partial charge is 0.269 e. The standard InChI is InChI=1S/C37H45N5O8Si/c1-24-34(51(2,3)49)32(21-33(44)40(17-18-43)22-25-9-5-4-6-10-25)50-37(24)29-20-28(42(47)48)14-15-31(29)41(36(37)46)23-26-11-7-12-27(19-26)39-35(45)30-13-8-16-38-30/h4-7,9-12,14-15,19-20,24,30,32,34,38,43,49H,8,13,16-18,21-23H2,1-3H3,(H,39,45)/t24-,30+,32+,34-,37+/m0/s1. The Balaban J connectivity index is 1.33. The predicted molar refractivity (Wildman–Crippen MR) is 193 cm³/mol. The second-order valence-corrected chi connectivity index (χ2v) is 18.3. The van der Waals surface area contributed by atoms with Crippen LogP contribution in [-0.4, -0.2) is 77.6 Å². The van der Waals surface area contributed by atoms with Gasteiger partial charge < -0.3 is 35.1 Å². The van der Waals surface area contributed by atoms with Crippen LogP contribution in [0.3, 0.4) is 0 Å². The summed E-state index contributed by atoms with van der Waals surface area (Å²) in [7, 11) is -3.15. The highest BCUT2D eigenvalue weighted by molar-refractivity contribution is 6.71. The van der Waals surface area contributed by atoms with Crippen molar-refractivity contribution in [1.29, 1.82) is 0 Å². The van der Waals surface area contributed by atoms with E-state index in [1.54, 1.807) is 37.4 Å². The third-order valence-corrected chi connectivity index (χ3v) is 12.9. The number of hydrogen-bond donors (Lipinski definition) is 4. The number of hydrogen-bond acceptors (Lipinski definition) is 9. The van der Waals surface area contributed by atoms with Crippen molar-refractivity contribution in [2.75, 3.05) is 29.9 Å². The summed E-state index contributed by atoms with van der Waals surface area (Å²) in [4.78, 5) is 67.8. The van der Waals surface area contributed by atoms with E-state index in [9.17, 15) is 34.4 Å². The Labute approximate surface area is 297 Å². The predicted octanol–water partition coefficient (Wildman–Crippen LogP) is 4.04. The summed E-state index contributed by atoms with van der Waals surface area (Å²) < 4.78 is 6.77. The van der Waals surface area contributed by atoms with Gasteiger partial charge in [0.1, 0.15) is 0 Å². The van der Waals surface area contributed by atoms with Gasteiger partial charge in [-0.3, -0.25) is 24.5 Å². The minimum absolute atomic E-state index is 0.0857. The van der Waals surface area contributed by atoms with E-state index >= 15 is 0 Å². The molecule has 0 aliphatic carbocycles. The third kappa shape index (κ3) is 7.19. The number of anilines is 2. The van der Waals surface area contributed by atoms with Crippen LogP contribution in [0.25, 0.3) is 0 Å². The quantitative estimate of drug-likeness (QED) is 0.123. The number of nitrogens with one attached hydrogen (secondary N) is 2. The first-order chi connectivity index (χ1) is 24.3. The van der Waals surface area contributed by atoms with Gasteiger partial charge in [-0.15, -0.1) is 0 Å². The van der Waals surface area contributed by atoms with Gasteiger partial charge in [0, 0.05) is 47.9 Å². The van der Waals surface area contributed by atoms with E-state index in [1.807, 2.05) is 43.3 Å². The molecule has 2 saturated heterocycles. The van der Waals surface area contributed by atoms with E-state index < -0.39 is 42.3 Å². The number of fused-ring (bicyclic) bond motifs is 2. The van der Waals surface area contributed by atoms with Gasteiger partial charge in [-0.25, -0.2) is 0 Å². The molecule has 0 aromatic heterocycles. The van der Waals surface area contributed by atoms with Crippen molar-refractivity contribution < 1.29 is 33.9 Å². The normalized spacial score (nSPS) is 24.2. The second-order valence-electron chi connectivity index (χ2n) is 14.3. The van der Waals surface area contributed by atoms with Gasteiger partial charge in [-0.05, 0) is 61.8 Å². The summed E-state index contributed by atoms with van der Waals surface area (Å²) in [6, 6.07) is 20.6. The van der Waals surface area contributed by atoms with E-state index in [1.165, 1.54) is 21.9 Å². The number of nitrogens with zero attached hydrogens (tertiary/aromatic N) is 3. The topological polar surface area (TPSA) is 175 Å². The van der Waals surface area contributed by atoms with Crippen molar-refractivity contribution in [3.8, 4) is 0 Å². The zero-order chi connectivity index (χ0) is 36.5. The van der Waals surface area contributed by atoms with E-state index in [0.29, 0.717) is 22.5 Å². The number of carbonyl (C=O) groups excluding carboxylic acids is 3. The van der Waals surface area contributed by atoms with Crippen molar-refractivity contribution >= 4 is 43.1 Å². The largest absolute Gasteiger partial charge is 0.432 e. The highest BCUT2D eigenvalue weighted by atomic mass is 28.4. The lowest BCUT2D eigenvalue weighted by Crippen LogP contribution is -2.46. The molecule has 0 unspecified atom stereocenters. The molecule has 0 saturated carbocycles. The molecule has 3 aliphatic heterocycles. The summed E-state index contributed by atoms with van der Waals surface area (Å²) >= 11 is 0. The number of benzene rings is 3. The monoisotopic (exact) mass is 715 g/mol. The lowest BCUT2D eigenvalue weighted by molar-refractivity contribution is -0.385. The fourth-order valence-electron chi connectivity index (χ4n) is 8.12. The van der Waals surface area contributed by atoms with E-state index in [4.69, 9.17) is 4.74 Å². The molecule has 6 rings (SSSR count). The Morgan fingerprint density at radius 3 is 2.53 bits per heavy atom.